The Labute approximate surface area is 121 Å². The lowest BCUT2D eigenvalue weighted by Gasteiger charge is -2.20. The molecule has 110 valence electrons. The van der Waals surface area contributed by atoms with E-state index in [1.807, 2.05) is 0 Å². The van der Waals surface area contributed by atoms with Crippen molar-refractivity contribution in [2.24, 2.45) is 5.92 Å². The van der Waals surface area contributed by atoms with Crippen molar-refractivity contribution >= 4 is 0 Å². The first-order valence-electron chi connectivity index (χ1n) is 7.73. The van der Waals surface area contributed by atoms with E-state index in [2.05, 4.69) is 37.4 Å². The van der Waals surface area contributed by atoms with Crippen LogP contribution in [-0.2, 0) is 13.0 Å². The van der Waals surface area contributed by atoms with Gasteiger partial charge in [-0.15, -0.1) is 0 Å². The molecule has 1 aromatic rings. The summed E-state index contributed by atoms with van der Waals surface area (Å²) in [5, 5.41) is 12.8. The number of rotatable bonds is 6. The summed E-state index contributed by atoms with van der Waals surface area (Å²) in [6.45, 7) is 5.39. The third kappa shape index (κ3) is 2.99. The van der Waals surface area contributed by atoms with Gasteiger partial charge in [0.05, 0.1) is 0 Å². The fraction of sp³-hybridized carbons (Fsp3) is 0.647. The maximum atomic E-state index is 9.17. The molecule has 1 heterocycles. The Morgan fingerprint density at radius 2 is 2.20 bits per heavy atom. The van der Waals surface area contributed by atoms with Crippen LogP contribution in [0, 0.1) is 5.92 Å². The van der Waals surface area contributed by atoms with E-state index in [1.165, 1.54) is 24.0 Å². The molecule has 0 spiro atoms. The summed E-state index contributed by atoms with van der Waals surface area (Å²) in [6, 6.07) is 6.89. The topological polar surface area (TPSA) is 41.5 Å². The van der Waals surface area contributed by atoms with Gasteiger partial charge in [0.2, 0.25) is 0 Å². The second kappa shape index (κ2) is 5.38. The first kappa shape index (κ1) is 13.9. The molecule has 1 aliphatic heterocycles. The number of hydrogen-bond acceptors (Lipinski definition) is 3. The largest absolute Gasteiger partial charge is 0.487 e. The molecule has 1 atom stereocenters. The first-order valence-corrected chi connectivity index (χ1v) is 7.73. The zero-order chi connectivity index (χ0) is 14.2. The Bertz CT molecular complexity index is 480. The molecule has 1 saturated carbocycles. The third-order valence-corrected chi connectivity index (χ3v) is 4.36. The van der Waals surface area contributed by atoms with Crippen molar-refractivity contribution in [3.63, 3.8) is 0 Å². The quantitative estimate of drug-likeness (QED) is 0.838. The van der Waals surface area contributed by atoms with Crippen LogP contribution >= 0.6 is 0 Å². The summed E-state index contributed by atoms with van der Waals surface area (Å²) in [6.07, 6.45) is 4.44. The highest BCUT2D eigenvalue weighted by molar-refractivity contribution is 5.45. The van der Waals surface area contributed by atoms with Gasteiger partial charge in [-0.25, -0.2) is 0 Å². The Morgan fingerprint density at radius 1 is 1.40 bits per heavy atom. The molecule has 0 bridgehead atoms. The van der Waals surface area contributed by atoms with Crippen molar-refractivity contribution in [2.75, 3.05) is 6.61 Å². The molecule has 3 heteroatoms. The van der Waals surface area contributed by atoms with E-state index >= 15 is 0 Å². The molecule has 0 saturated heterocycles. The van der Waals surface area contributed by atoms with Crippen molar-refractivity contribution in [1.82, 2.24) is 5.32 Å². The van der Waals surface area contributed by atoms with Crippen LogP contribution in [0.5, 0.6) is 5.75 Å². The van der Waals surface area contributed by atoms with Crippen LogP contribution in [0.25, 0.3) is 0 Å². The molecule has 1 unspecified atom stereocenters. The summed E-state index contributed by atoms with van der Waals surface area (Å²) < 4.78 is 6.10. The van der Waals surface area contributed by atoms with Gasteiger partial charge in [0.1, 0.15) is 11.4 Å². The van der Waals surface area contributed by atoms with E-state index in [9.17, 15) is 0 Å². The smallest absolute Gasteiger partial charge is 0.127 e. The standard InChI is InChI=1S/C17H25NO2/c1-17(2)10-13-4-3-5-14(16(13)20-17)11-18-15(8-9-19)12-6-7-12/h3-5,12,15,18-19H,6-11H2,1-2H3. The maximum absolute atomic E-state index is 9.17. The summed E-state index contributed by atoms with van der Waals surface area (Å²) in [5.41, 5.74) is 2.48. The molecular weight excluding hydrogens is 250 g/mol. The molecule has 1 fully saturated rings. The molecule has 0 radical (unpaired) electrons. The molecular formula is C17H25NO2. The normalized spacial score (nSPS) is 21.4. The fourth-order valence-electron chi connectivity index (χ4n) is 3.20. The average Bonchev–Trinajstić information content (AvgIpc) is 3.16. The van der Waals surface area contributed by atoms with Gasteiger partial charge in [0, 0.05) is 31.2 Å². The van der Waals surface area contributed by atoms with Gasteiger partial charge >= 0.3 is 0 Å². The molecule has 0 amide bonds. The van der Waals surface area contributed by atoms with Gasteiger partial charge < -0.3 is 15.2 Å². The number of aliphatic hydroxyl groups is 1. The van der Waals surface area contributed by atoms with Gasteiger partial charge in [0.25, 0.3) is 0 Å². The number of aliphatic hydroxyl groups excluding tert-OH is 1. The molecule has 1 aromatic carbocycles. The second-order valence-corrected chi connectivity index (χ2v) is 6.78. The van der Waals surface area contributed by atoms with Crippen molar-refractivity contribution in [3.05, 3.63) is 29.3 Å². The van der Waals surface area contributed by atoms with Gasteiger partial charge in [-0.2, -0.15) is 0 Å². The van der Waals surface area contributed by atoms with Gasteiger partial charge in [0.15, 0.2) is 0 Å². The number of nitrogens with one attached hydrogen (secondary N) is 1. The highest BCUT2D eigenvalue weighted by Gasteiger charge is 2.33. The molecule has 1 aliphatic carbocycles. The highest BCUT2D eigenvalue weighted by Crippen LogP contribution is 2.38. The molecule has 3 nitrogen and oxygen atoms in total. The van der Waals surface area contributed by atoms with Gasteiger partial charge in [-0.05, 0) is 44.6 Å². The van der Waals surface area contributed by atoms with Crippen molar-refractivity contribution in [3.8, 4) is 5.75 Å². The van der Waals surface area contributed by atoms with Crippen molar-refractivity contribution < 1.29 is 9.84 Å². The number of ether oxygens (including phenoxy) is 1. The molecule has 2 N–H and O–H groups in total. The lowest BCUT2D eigenvalue weighted by atomic mass is 10.0. The zero-order valence-corrected chi connectivity index (χ0v) is 12.5. The van der Waals surface area contributed by atoms with Gasteiger partial charge in [-0.3, -0.25) is 0 Å². The highest BCUT2D eigenvalue weighted by atomic mass is 16.5. The van der Waals surface area contributed by atoms with Gasteiger partial charge in [-0.1, -0.05) is 18.2 Å². The minimum Gasteiger partial charge on any atom is -0.487 e. The second-order valence-electron chi connectivity index (χ2n) is 6.78. The van der Waals surface area contributed by atoms with Crippen LogP contribution in [0.2, 0.25) is 0 Å². The number of hydrogen-bond donors (Lipinski definition) is 2. The number of fused-ring (bicyclic) bond motifs is 1. The van der Waals surface area contributed by atoms with Crippen LogP contribution in [0.3, 0.4) is 0 Å². The monoisotopic (exact) mass is 275 g/mol. The van der Waals surface area contributed by atoms with E-state index < -0.39 is 0 Å². The van der Waals surface area contributed by atoms with E-state index in [1.54, 1.807) is 0 Å². The van der Waals surface area contributed by atoms with E-state index in [-0.39, 0.29) is 12.2 Å². The summed E-state index contributed by atoms with van der Waals surface area (Å²) >= 11 is 0. The Kier molecular flexibility index (Phi) is 3.74. The molecule has 20 heavy (non-hydrogen) atoms. The predicted molar refractivity (Wildman–Crippen MR) is 79.9 cm³/mol. The van der Waals surface area contributed by atoms with Crippen LogP contribution in [-0.4, -0.2) is 23.4 Å². The van der Waals surface area contributed by atoms with Crippen LogP contribution < -0.4 is 10.1 Å². The van der Waals surface area contributed by atoms with Crippen molar-refractivity contribution in [2.45, 2.75) is 57.7 Å². The fourth-order valence-corrected chi connectivity index (χ4v) is 3.20. The van der Waals surface area contributed by atoms with Crippen LogP contribution in [0.1, 0.15) is 44.2 Å². The first-order chi connectivity index (χ1) is 9.59. The predicted octanol–water partition coefficient (Wildman–Crippen LogP) is 2.65. The van der Waals surface area contributed by atoms with E-state index in [4.69, 9.17) is 9.84 Å². The molecule has 3 rings (SSSR count). The Balaban J connectivity index is 1.68. The molecule has 0 aromatic heterocycles. The van der Waals surface area contributed by atoms with Crippen molar-refractivity contribution in [1.29, 1.82) is 0 Å². The zero-order valence-electron chi connectivity index (χ0n) is 12.5. The summed E-state index contributed by atoms with van der Waals surface area (Å²) in [4.78, 5) is 0. The Morgan fingerprint density at radius 3 is 2.90 bits per heavy atom. The lowest BCUT2D eigenvalue weighted by molar-refractivity contribution is 0.137. The average molecular weight is 275 g/mol. The Hall–Kier alpha value is -1.06. The van der Waals surface area contributed by atoms with Crippen LogP contribution in [0.15, 0.2) is 18.2 Å². The number of para-hydroxylation sites is 1. The third-order valence-electron chi connectivity index (χ3n) is 4.36. The molecule has 2 aliphatic rings. The lowest BCUT2D eigenvalue weighted by Crippen LogP contribution is -2.31. The number of benzene rings is 1. The summed E-state index contributed by atoms with van der Waals surface area (Å²) in [7, 11) is 0. The minimum absolute atomic E-state index is 0.0839. The maximum Gasteiger partial charge on any atom is 0.127 e. The van der Waals surface area contributed by atoms with E-state index in [0.29, 0.717) is 6.04 Å². The summed E-state index contributed by atoms with van der Waals surface area (Å²) in [5.74, 6) is 1.83. The van der Waals surface area contributed by atoms with E-state index in [0.717, 1.165) is 31.1 Å². The minimum atomic E-state index is -0.0839. The van der Waals surface area contributed by atoms with Crippen LogP contribution in [0.4, 0.5) is 0 Å². The SMILES string of the molecule is CC1(C)Cc2cccc(CNC(CCO)C3CC3)c2O1.